The molecule has 2 aliphatic heterocycles. The molecule has 8 heteroatoms. The Kier molecular flexibility index (Phi) is 7.33. The Hall–Kier alpha value is -2.87. The van der Waals surface area contributed by atoms with Crippen LogP contribution in [0, 0.1) is 12.8 Å². The van der Waals surface area contributed by atoms with Crippen LogP contribution in [0.3, 0.4) is 0 Å². The van der Waals surface area contributed by atoms with E-state index in [0.29, 0.717) is 69.3 Å². The van der Waals surface area contributed by atoms with Crippen LogP contribution in [0.1, 0.15) is 54.4 Å². The summed E-state index contributed by atoms with van der Waals surface area (Å²) in [4.78, 5) is 30.2. The van der Waals surface area contributed by atoms with Gasteiger partial charge in [0.15, 0.2) is 0 Å². The van der Waals surface area contributed by atoms with Crippen molar-refractivity contribution in [1.82, 2.24) is 15.0 Å². The van der Waals surface area contributed by atoms with Crippen molar-refractivity contribution in [2.75, 3.05) is 39.4 Å². The van der Waals surface area contributed by atoms with Crippen LogP contribution in [0.2, 0.25) is 0 Å². The molecule has 0 saturated carbocycles. The number of hydrogen-bond donors (Lipinski definition) is 0. The van der Waals surface area contributed by atoms with Gasteiger partial charge in [0.05, 0.1) is 18.9 Å². The molecule has 0 bridgehead atoms. The minimum absolute atomic E-state index is 0.0825. The number of para-hydroxylation sites is 1. The van der Waals surface area contributed by atoms with Crippen molar-refractivity contribution in [3.05, 3.63) is 47.3 Å². The SMILES string of the molecule is Cc1onc(C(C)C)c1C(=O)N1CC[C@H](Oc2ccccc2)[C@@H](CC(=O)N2CCOCC2)C1. The summed E-state index contributed by atoms with van der Waals surface area (Å²) >= 11 is 0. The molecule has 4 rings (SSSR count). The lowest BCUT2D eigenvalue weighted by molar-refractivity contribution is -0.137. The zero-order valence-corrected chi connectivity index (χ0v) is 19.7. The van der Waals surface area contributed by atoms with Gasteiger partial charge in [-0.2, -0.15) is 0 Å². The first-order valence-electron chi connectivity index (χ1n) is 11.8. The van der Waals surface area contributed by atoms with Gasteiger partial charge < -0.3 is 23.8 Å². The van der Waals surface area contributed by atoms with E-state index >= 15 is 0 Å². The molecule has 2 aliphatic rings. The molecule has 0 aliphatic carbocycles. The van der Waals surface area contributed by atoms with Crippen LogP contribution < -0.4 is 4.74 Å². The zero-order chi connectivity index (χ0) is 23.4. The highest BCUT2D eigenvalue weighted by molar-refractivity contribution is 5.96. The number of morpholine rings is 1. The molecule has 33 heavy (non-hydrogen) atoms. The van der Waals surface area contributed by atoms with Crippen molar-refractivity contribution < 1.29 is 23.6 Å². The summed E-state index contributed by atoms with van der Waals surface area (Å²) in [7, 11) is 0. The molecule has 178 valence electrons. The number of likely N-dealkylation sites (tertiary alicyclic amines) is 1. The molecular formula is C25H33N3O5. The number of rotatable bonds is 6. The first-order chi connectivity index (χ1) is 15.9. The number of hydrogen-bond acceptors (Lipinski definition) is 6. The van der Waals surface area contributed by atoms with Gasteiger partial charge in [0, 0.05) is 44.9 Å². The maximum atomic E-state index is 13.5. The van der Waals surface area contributed by atoms with Crippen molar-refractivity contribution in [2.24, 2.45) is 5.92 Å². The predicted octanol–water partition coefficient (Wildman–Crippen LogP) is 3.27. The molecule has 0 unspecified atom stereocenters. The van der Waals surface area contributed by atoms with E-state index < -0.39 is 0 Å². The van der Waals surface area contributed by atoms with Crippen LogP contribution in [-0.2, 0) is 9.53 Å². The van der Waals surface area contributed by atoms with Gasteiger partial charge in [-0.15, -0.1) is 0 Å². The fourth-order valence-corrected chi connectivity index (χ4v) is 4.59. The summed E-state index contributed by atoms with van der Waals surface area (Å²) in [6, 6.07) is 9.66. The summed E-state index contributed by atoms with van der Waals surface area (Å²) in [6.45, 7) is 9.12. The minimum Gasteiger partial charge on any atom is -0.490 e. The third kappa shape index (κ3) is 5.38. The Morgan fingerprint density at radius 1 is 1.12 bits per heavy atom. The van der Waals surface area contributed by atoms with Gasteiger partial charge >= 0.3 is 0 Å². The number of nitrogens with zero attached hydrogens (tertiary/aromatic N) is 3. The molecule has 0 radical (unpaired) electrons. The van der Waals surface area contributed by atoms with Crippen molar-refractivity contribution in [3.63, 3.8) is 0 Å². The predicted molar refractivity (Wildman–Crippen MR) is 122 cm³/mol. The van der Waals surface area contributed by atoms with E-state index in [4.69, 9.17) is 14.0 Å². The highest BCUT2D eigenvalue weighted by Crippen LogP contribution is 2.29. The van der Waals surface area contributed by atoms with Gasteiger partial charge in [-0.05, 0) is 25.0 Å². The lowest BCUT2D eigenvalue weighted by Gasteiger charge is -2.39. The van der Waals surface area contributed by atoms with Gasteiger partial charge in [0.25, 0.3) is 5.91 Å². The van der Waals surface area contributed by atoms with Crippen LogP contribution in [0.4, 0.5) is 0 Å². The Balaban J connectivity index is 1.52. The fraction of sp³-hybridized carbons (Fsp3) is 0.560. The summed E-state index contributed by atoms with van der Waals surface area (Å²) in [5, 5.41) is 4.11. The summed E-state index contributed by atoms with van der Waals surface area (Å²) in [5.41, 5.74) is 1.23. The highest BCUT2D eigenvalue weighted by atomic mass is 16.5. The van der Waals surface area contributed by atoms with E-state index in [-0.39, 0.29) is 29.8 Å². The van der Waals surface area contributed by atoms with Crippen molar-refractivity contribution >= 4 is 11.8 Å². The molecule has 2 amide bonds. The van der Waals surface area contributed by atoms with Crippen LogP contribution in [0.15, 0.2) is 34.9 Å². The number of benzene rings is 1. The van der Waals surface area contributed by atoms with E-state index in [9.17, 15) is 9.59 Å². The van der Waals surface area contributed by atoms with Crippen LogP contribution in [0.5, 0.6) is 5.75 Å². The van der Waals surface area contributed by atoms with Gasteiger partial charge in [0.1, 0.15) is 23.2 Å². The Labute approximate surface area is 194 Å². The number of carbonyl (C=O) groups is 2. The van der Waals surface area contributed by atoms with E-state index in [1.54, 1.807) is 6.92 Å². The van der Waals surface area contributed by atoms with E-state index in [0.717, 1.165) is 5.75 Å². The van der Waals surface area contributed by atoms with E-state index in [1.807, 2.05) is 54.0 Å². The third-order valence-corrected chi connectivity index (χ3v) is 6.43. The first kappa shape index (κ1) is 23.3. The number of carbonyl (C=O) groups excluding carboxylic acids is 2. The largest absolute Gasteiger partial charge is 0.490 e. The molecule has 1 aromatic carbocycles. The zero-order valence-electron chi connectivity index (χ0n) is 19.7. The average Bonchev–Trinajstić information content (AvgIpc) is 3.22. The number of amides is 2. The number of ether oxygens (including phenoxy) is 2. The monoisotopic (exact) mass is 455 g/mol. The fourth-order valence-electron chi connectivity index (χ4n) is 4.59. The highest BCUT2D eigenvalue weighted by Gasteiger charge is 2.37. The summed E-state index contributed by atoms with van der Waals surface area (Å²) < 4.78 is 17.0. The second kappa shape index (κ2) is 10.4. The average molecular weight is 456 g/mol. The molecule has 2 fully saturated rings. The van der Waals surface area contributed by atoms with Gasteiger partial charge in [-0.1, -0.05) is 37.2 Å². The van der Waals surface area contributed by atoms with Gasteiger partial charge in [-0.3, -0.25) is 9.59 Å². The maximum Gasteiger partial charge on any atom is 0.259 e. The second-order valence-electron chi connectivity index (χ2n) is 9.12. The van der Waals surface area contributed by atoms with Gasteiger partial charge in [-0.25, -0.2) is 0 Å². The summed E-state index contributed by atoms with van der Waals surface area (Å²) in [6.07, 6.45) is 0.846. The van der Waals surface area contributed by atoms with Crippen molar-refractivity contribution in [2.45, 2.75) is 45.6 Å². The normalized spacial score (nSPS) is 21.3. The Bertz CT molecular complexity index is 952. The minimum atomic E-state index is -0.144. The summed E-state index contributed by atoms with van der Waals surface area (Å²) in [5.74, 6) is 1.29. The molecule has 8 nitrogen and oxygen atoms in total. The molecular weight excluding hydrogens is 422 g/mol. The Morgan fingerprint density at radius 3 is 2.55 bits per heavy atom. The van der Waals surface area contributed by atoms with Crippen molar-refractivity contribution in [3.8, 4) is 5.75 Å². The van der Waals surface area contributed by atoms with Crippen LogP contribution >= 0.6 is 0 Å². The van der Waals surface area contributed by atoms with E-state index in [2.05, 4.69) is 5.16 Å². The lowest BCUT2D eigenvalue weighted by atomic mass is 9.90. The lowest BCUT2D eigenvalue weighted by Crippen LogP contribution is -2.50. The molecule has 3 heterocycles. The van der Waals surface area contributed by atoms with Gasteiger partial charge in [0.2, 0.25) is 5.91 Å². The molecule has 1 aromatic heterocycles. The topological polar surface area (TPSA) is 85.1 Å². The third-order valence-electron chi connectivity index (χ3n) is 6.43. The number of piperidine rings is 1. The van der Waals surface area contributed by atoms with Crippen molar-refractivity contribution in [1.29, 1.82) is 0 Å². The standard InChI is InChI=1S/C25H33N3O5/c1-17(2)24-23(18(3)33-26-24)25(30)28-10-9-21(32-20-7-5-4-6-8-20)19(16-28)15-22(29)27-11-13-31-14-12-27/h4-8,17,19,21H,9-16H2,1-3H3/t19-,21-/m0/s1. The Morgan fingerprint density at radius 2 is 1.85 bits per heavy atom. The first-order valence-corrected chi connectivity index (χ1v) is 11.8. The van der Waals surface area contributed by atoms with Crippen LogP contribution in [0.25, 0.3) is 0 Å². The number of aromatic nitrogens is 1. The molecule has 0 N–H and O–H groups in total. The maximum absolute atomic E-state index is 13.5. The smallest absolute Gasteiger partial charge is 0.259 e. The number of aryl methyl sites for hydroxylation is 1. The molecule has 0 spiro atoms. The molecule has 2 saturated heterocycles. The second-order valence-corrected chi connectivity index (χ2v) is 9.12. The molecule has 2 atom stereocenters. The van der Waals surface area contributed by atoms with Crippen LogP contribution in [-0.4, -0.2) is 72.3 Å². The molecule has 2 aromatic rings. The van der Waals surface area contributed by atoms with E-state index in [1.165, 1.54) is 0 Å². The quantitative estimate of drug-likeness (QED) is 0.665.